The average molecular weight is 212 g/mol. The standard InChI is InChI=1S/C10H13FN2O2/c1-6-4-9(15-3)7(11)5-8(6)13-10(14)12-2/h4-5H,1-3H3,(H2,12,13,14). The van der Waals surface area contributed by atoms with Gasteiger partial charge < -0.3 is 15.4 Å². The molecule has 5 heteroatoms. The lowest BCUT2D eigenvalue weighted by atomic mass is 10.2. The Balaban J connectivity index is 3.00. The number of aryl methyl sites for hydroxylation is 1. The Morgan fingerprint density at radius 2 is 2.13 bits per heavy atom. The number of hydrogen-bond donors (Lipinski definition) is 2. The van der Waals surface area contributed by atoms with Gasteiger partial charge in [-0.05, 0) is 18.6 Å². The Morgan fingerprint density at radius 3 is 2.67 bits per heavy atom. The fourth-order valence-corrected chi connectivity index (χ4v) is 1.13. The van der Waals surface area contributed by atoms with E-state index in [1.165, 1.54) is 26.3 Å². The van der Waals surface area contributed by atoms with Crippen LogP contribution in [0.25, 0.3) is 0 Å². The van der Waals surface area contributed by atoms with Crippen LogP contribution < -0.4 is 15.4 Å². The molecular weight excluding hydrogens is 199 g/mol. The van der Waals surface area contributed by atoms with Crippen molar-refractivity contribution in [3.8, 4) is 5.75 Å². The minimum Gasteiger partial charge on any atom is -0.494 e. The zero-order chi connectivity index (χ0) is 11.4. The summed E-state index contributed by atoms with van der Waals surface area (Å²) >= 11 is 0. The highest BCUT2D eigenvalue weighted by molar-refractivity contribution is 5.89. The Hall–Kier alpha value is -1.78. The average Bonchev–Trinajstić information content (AvgIpc) is 2.22. The molecule has 15 heavy (non-hydrogen) atoms. The van der Waals surface area contributed by atoms with Crippen molar-refractivity contribution >= 4 is 11.7 Å². The molecule has 2 N–H and O–H groups in total. The number of carbonyl (C=O) groups is 1. The van der Waals surface area contributed by atoms with Crippen LogP contribution in [0.15, 0.2) is 12.1 Å². The predicted octanol–water partition coefficient (Wildman–Crippen LogP) is 1.89. The molecule has 1 rings (SSSR count). The molecule has 0 aliphatic carbocycles. The molecule has 0 radical (unpaired) electrons. The molecule has 4 nitrogen and oxygen atoms in total. The number of methoxy groups -OCH3 is 1. The second-order valence-electron chi connectivity index (χ2n) is 3.01. The van der Waals surface area contributed by atoms with Crippen LogP contribution in [0.3, 0.4) is 0 Å². The first-order valence-electron chi connectivity index (χ1n) is 4.41. The van der Waals surface area contributed by atoms with Gasteiger partial charge in [0.2, 0.25) is 0 Å². The smallest absolute Gasteiger partial charge is 0.318 e. The molecule has 1 aromatic carbocycles. The minimum absolute atomic E-state index is 0.162. The number of halogens is 1. The Morgan fingerprint density at radius 1 is 1.47 bits per heavy atom. The summed E-state index contributed by atoms with van der Waals surface area (Å²) in [6.45, 7) is 1.76. The molecule has 0 bridgehead atoms. The van der Waals surface area contributed by atoms with Gasteiger partial charge in [0.15, 0.2) is 11.6 Å². The molecule has 0 saturated heterocycles. The zero-order valence-corrected chi connectivity index (χ0v) is 8.85. The lowest BCUT2D eigenvalue weighted by molar-refractivity contribution is 0.254. The van der Waals surface area contributed by atoms with E-state index < -0.39 is 5.82 Å². The maximum atomic E-state index is 13.3. The van der Waals surface area contributed by atoms with Gasteiger partial charge in [0, 0.05) is 18.8 Å². The molecule has 2 amide bonds. The first kappa shape index (κ1) is 11.3. The number of benzene rings is 1. The molecule has 0 spiro atoms. The van der Waals surface area contributed by atoms with Gasteiger partial charge in [-0.3, -0.25) is 0 Å². The van der Waals surface area contributed by atoms with E-state index in [9.17, 15) is 9.18 Å². The predicted molar refractivity (Wildman–Crippen MR) is 55.8 cm³/mol. The van der Waals surface area contributed by atoms with Crippen LogP contribution in [0.2, 0.25) is 0 Å². The molecule has 1 aromatic rings. The van der Waals surface area contributed by atoms with E-state index in [2.05, 4.69) is 10.6 Å². The monoisotopic (exact) mass is 212 g/mol. The van der Waals surface area contributed by atoms with Crippen LogP contribution in [-0.4, -0.2) is 20.2 Å². The molecule has 0 heterocycles. The van der Waals surface area contributed by atoms with Gasteiger partial charge >= 0.3 is 6.03 Å². The third-order valence-corrected chi connectivity index (χ3v) is 1.97. The number of urea groups is 1. The van der Waals surface area contributed by atoms with Gasteiger partial charge in [-0.15, -0.1) is 0 Å². The van der Waals surface area contributed by atoms with Crippen LogP contribution in [-0.2, 0) is 0 Å². The molecule has 0 aromatic heterocycles. The zero-order valence-electron chi connectivity index (χ0n) is 8.85. The molecular formula is C10H13FN2O2. The first-order valence-corrected chi connectivity index (χ1v) is 4.41. The van der Waals surface area contributed by atoms with Gasteiger partial charge in [0.1, 0.15) is 0 Å². The van der Waals surface area contributed by atoms with Crippen molar-refractivity contribution < 1.29 is 13.9 Å². The van der Waals surface area contributed by atoms with E-state index >= 15 is 0 Å². The number of nitrogens with one attached hydrogen (secondary N) is 2. The van der Waals surface area contributed by atoms with E-state index in [-0.39, 0.29) is 11.8 Å². The van der Waals surface area contributed by atoms with Crippen LogP contribution >= 0.6 is 0 Å². The summed E-state index contributed by atoms with van der Waals surface area (Å²) in [4.78, 5) is 11.0. The number of carbonyl (C=O) groups excluding carboxylic acids is 1. The van der Waals surface area contributed by atoms with Gasteiger partial charge in [-0.2, -0.15) is 0 Å². The molecule has 0 unspecified atom stereocenters. The summed E-state index contributed by atoms with van der Waals surface area (Å²) in [7, 11) is 2.88. The van der Waals surface area contributed by atoms with Crippen LogP contribution in [0.4, 0.5) is 14.9 Å². The minimum atomic E-state index is -0.505. The molecule has 0 saturated carbocycles. The topological polar surface area (TPSA) is 50.4 Å². The fourth-order valence-electron chi connectivity index (χ4n) is 1.13. The fraction of sp³-hybridized carbons (Fsp3) is 0.300. The molecule has 0 fully saturated rings. The van der Waals surface area contributed by atoms with Crippen molar-refractivity contribution in [1.82, 2.24) is 5.32 Å². The molecule has 0 atom stereocenters. The molecule has 82 valence electrons. The number of rotatable bonds is 2. The normalized spacial score (nSPS) is 9.60. The van der Waals surface area contributed by atoms with Crippen molar-refractivity contribution in [3.63, 3.8) is 0 Å². The highest BCUT2D eigenvalue weighted by Crippen LogP contribution is 2.24. The highest BCUT2D eigenvalue weighted by Gasteiger charge is 2.09. The van der Waals surface area contributed by atoms with E-state index in [4.69, 9.17) is 4.74 Å². The SMILES string of the molecule is CNC(=O)Nc1cc(F)c(OC)cc1C. The summed E-state index contributed by atoms with van der Waals surface area (Å²) in [5, 5.41) is 4.89. The van der Waals surface area contributed by atoms with Gasteiger partial charge in [0.25, 0.3) is 0 Å². The summed E-state index contributed by atoms with van der Waals surface area (Å²) in [5.74, 6) is -0.343. The van der Waals surface area contributed by atoms with Gasteiger partial charge in [-0.25, -0.2) is 9.18 Å². The maximum absolute atomic E-state index is 13.3. The lowest BCUT2D eigenvalue weighted by Gasteiger charge is -2.10. The lowest BCUT2D eigenvalue weighted by Crippen LogP contribution is -2.24. The first-order chi connectivity index (χ1) is 7.08. The number of amides is 2. The summed E-state index contributed by atoms with van der Waals surface area (Å²) in [6.07, 6.45) is 0. The van der Waals surface area contributed by atoms with E-state index in [1.54, 1.807) is 6.92 Å². The number of anilines is 1. The molecule has 0 aliphatic rings. The van der Waals surface area contributed by atoms with Crippen molar-refractivity contribution in [2.75, 3.05) is 19.5 Å². The van der Waals surface area contributed by atoms with Crippen LogP contribution in [0.1, 0.15) is 5.56 Å². The quantitative estimate of drug-likeness (QED) is 0.786. The Bertz CT molecular complexity index is 380. The van der Waals surface area contributed by atoms with E-state index in [0.717, 1.165) is 5.56 Å². The third kappa shape index (κ3) is 2.59. The van der Waals surface area contributed by atoms with Crippen molar-refractivity contribution in [2.45, 2.75) is 6.92 Å². The Labute approximate surface area is 87.4 Å². The Kier molecular flexibility index (Phi) is 3.49. The van der Waals surface area contributed by atoms with Gasteiger partial charge in [-0.1, -0.05) is 0 Å². The van der Waals surface area contributed by atoms with Crippen molar-refractivity contribution in [2.24, 2.45) is 0 Å². The second-order valence-corrected chi connectivity index (χ2v) is 3.01. The van der Waals surface area contributed by atoms with Crippen LogP contribution in [0.5, 0.6) is 5.75 Å². The second kappa shape index (κ2) is 4.63. The van der Waals surface area contributed by atoms with Crippen LogP contribution in [0, 0.1) is 12.7 Å². The molecule has 0 aliphatic heterocycles. The van der Waals surface area contributed by atoms with E-state index in [1.807, 2.05) is 0 Å². The summed E-state index contributed by atoms with van der Waals surface area (Å²) < 4.78 is 18.1. The largest absolute Gasteiger partial charge is 0.494 e. The summed E-state index contributed by atoms with van der Waals surface area (Å²) in [6, 6.07) is 2.37. The number of ether oxygens (including phenoxy) is 1. The number of hydrogen-bond acceptors (Lipinski definition) is 2. The highest BCUT2D eigenvalue weighted by atomic mass is 19.1. The van der Waals surface area contributed by atoms with E-state index in [0.29, 0.717) is 5.69 Å². The summed E-state index contributed by atoms with van der Waals surface area (Å²) in [5.41, 5.74) is 1.16. The third-order valence-electron chi connectivity index (χ3n) is 1.97. The van der Waals surface area contributed by atoms with Gasteiger partial charge in [0.05, 0.1) is 7.11 Å². The maximum Gasteiger partial charge on any atom is 0.318 e. The van der Waals surface area contributed by atoms with Crippen molar-refractivity contribution in [3.05, 3.63) is 23.5 Å². The van der Waals surface area contributed by atoms with Crippen molar-refractivity contribution in [1.29, 1.82) is 0 Å².